The zero-order valence-corrected chi connectivity index (χ0v) is 12.2. The number of benzene rings is 2. The lowest BCUT2D eigenvalue weighted by Crippen LogP contribution is -2.31. The molecule has 0 saturated carbocycles. The summed E-state index contributed by atoms with van der Waals surface area (Å²) in [7, 11) is 0. The van der Waals surface area contributed by atoms with Gasteiger partial charge < -0.3 is 20.6 Å². The van der Waals surface area contributed by atoms with Crippen LogP contribution in [-0.2, 0) is 12.8 Å². The van der Waals surface area contributed by atoms with Crippen molar-refractivity contribution in [3.63, 3.8) is 0 Å². The van der Waals surface area contributed by atoms with Crippen LogP contribution in [0, 0.1) is 0 Å². The SMILES string of the molecule is Cl.Oc1ccc(C[C@@H]2NCCc3cc(O)c(O)cc32)cc1. The van der Waals surface area contributed by atoms with Gasteiger partial charge in [-0.05, 0) is 60.3 Å². The fourth-order valence-electron chi connectivity index (χ4n) is 2.72. The van der Waals surface area contributed by atoms with Crippen molar-refractivity contribution < 1.29 is 15.3 Å². The largest absolute Gasteiger partial charge is 0.508 e. The molecule has 5 heteroatoms. The number of aromatic hydroxyl groups is 3. The van der Waals surface area contributed by atoms with Crippen molar-refractivity contribution in [3.8, 4) is 17.2 Å². The van der Waals surface area contributed by atoms with E-state index < -0.39 is 0 Å². The van der Waals surface area contributed by atoms with E-state index >= 15 is 0 Å². The lowest BCUT2D eigenvalue weighted by atomic mass is 9.90. The average Bonchev–Trinajstić information content (AvgIpc) is 2.43. The van der Waals surface area contributed by atoms with Crippen LogP contribution in [0.25, 0.3) is 0 Å². The Balaban J connectivity index is 0.00000161. The first-order chi connectivity index (χ1) is 9.63. The highest BCUT2D eigenvalue weighted by atomic mass is 35.5. The Hall–Kier alpha value is -1.91. The number of phenolic OH excluding ortho intramolecular Hbond substituents is 3. The van der Waals surface area contributed by atoms with Gasteiger partial charge in [0.15, 0.2) is 11.5 Å². The van der Waals surface area contributed by atoms with Gasteiger partial charge in [0, 0.05) is 6.04 Å². The third kappa shape index (κ3) is 3.23. The van der Waals surface area contributed by atoms with Crippen LogP contribution in [-0.4, -0.2) is 21.9 Å². The van der Waals surface area contributed by atoms with E-state index in [2.05, 4.69) is 5.32 Å². The summed E-state index contributed by atoms with van der Waals surface area (Å²) in [4.78, 5) is 0. The molecule has 1 atom stereocenters. The van der Waals surface area contributed by atoms with Crippen LogP contribution in [0.3, 0.4) is 0 Å². The first-order valence-corrected chi connectivity index (χ1v) is 6.69. The second kappa shape index (κ2) is 6.24. The molecule has 21 heavy (non-hydrogen) atoms. The maximum Gasteiger partial charge on any atom is 0.157 e. The van der Waals surface area contributed by atoms with E-state index in [0.29, 0.717) is 0 Å². The Morgan fingerprint density at radius 2 is 1.67 bits per heavy atom. The van der Waals surface area contributed by atoms with Crippen molar-refractivity contribution >= 4 is 12.4 Å². The van der Waals surface area contributed by atoms with Gasteiger partial charge in [-0.1, -0.05) is 12.1 Å². The number of fused-ring (bicyclic) bond motifs is 1. The molecule has 0 amide bonds. The molecule has 0 radical (unpaired) electrons. The maximum absolute atomic E-state index is 9.68. The van der Waals surface area contributed by atoms with Gasteiger partial charge in [0.05, 0.1) is 0 Å². The molecule has 0 aliphatic carbocycles. The standard InChI is InChI=1S/C16H17NO3.ClH/c18-12-3-1-10(2-4-12)7-14-13-9-16(20)15(19)8-11(13)5-6-17-14;/h1-4,8-9,14,17-20H,5-7H2;1H/t14-;/m0./s1. The minimum atomic E-state index is -0.0804. The fraction of sp³-hybridized carbons (Fsp3) is 0.250. The van der Waals surface area contributed by atoms with E-state index in [1.165, 1.54) is 0 Å². The Morgan fingerprint density at radius 3 is 2.38 bits per heavy atom. The van der Waals surface area contributed by atoms with Crippen LogP contribution in [0.1, 0.15) is 22.7 Å². The molecule has 112 valence electrons. The zero-order valence-electron chi connectivity index (χ0n) is 11.4. The van der Waals surface area contributed by atoms with E-state index in [-0.39, 0.29) is 35.7 Å². The highest BCUT2D eigenvalue weighted by molar-refractivity contribution is 5.85. The Morgan fingerprint density at radius 1 is 1.00 bits per heavy atom. The molecule has 0 unspecified atom stereocenters. The number of hydrogen-bond acceptors (Lipinski definition) is 4. The molecule has 1 heterocycles. The topological polar surface area (TPSA) is 72.7 Å². The van der Waals surface area contributed by atoms with Crippen LogP contribution in [0.2, 0.25) is 0 Å². The quantitative estimate of drug-likeness (QED) is 0.644. The lowest BCUT2D eigenvalue weighted by Gasteiger charge is -2.27. The van der Waals surface area contributed by atoms with E-state index in [1.54, 1.807) is 24.3 Å². The number of rotatable bonds is 2. The minimum absolute atomic E-state index is 0. The predicted octanol–water partition coefficient (Wildman–Crippen LogP) is 2.65. The van der Waals surface area contributed by atoms with Crippen molar-refractivity contribution in [1.29, 1.82) is 0 Å². The van der Waals surface area contributed by atoms with Crippen LogP contribution < -0.4 is 5.32 Å². The van der Waals surface area contributed by atoms with Gasteiger partial charge >= 0.3 is 0 Å². The molecule has 4 N–H and O–H groups in total. The van der Waals surface area contributed by atoms with Crippen LogP contribution in [0.4, 0.5) is 0 Å². The normalized spacial score (nSPS) is 16.9. The summed E-state index contributed by atoms with van der Waals surface area (Å²) in [6.07, 6.45) is 1.62. The van der Waals surface area contributed by atoms with Gasteiger partial charge in [-0.15, -0.1) is 12.4 Å². The summed E-state index contributed by atoms with van der Waals surface area (Å²) in [6, 6.07) is 10.5. The summed E-state index contributed by atoms with van der Waals surface area (Å²) >= 11 is 0. The fourth-order valence-corrected chi connectivity index (χ4v) is 2.72. The summed E-state index contributed by atoms with van der Waals surface area (Å²) in [5.41, 5.74) is 3.21. The van der Waals surface area contributed by atoms with Gasteiger partial charge in [-0.3, -0.25) is 0 Å². The second-order valence-electron chi connectivity index (χ2n) is 5.17. The molecular formula is C16H18ClNO3. The second-order valence-corrected chi connectivity index (χ2v) is 5.17. The van der Waals surface area contributed by atoms with Crippen molar-refractivity contribution in [2.24, 2.45) is 0 Å². The Kier molecular flexibility index (Phi) is 4.60. The Bertz CT molecular complexity index is 628. The molecule has 0 saturated heterocycles. The van der Waals surface area contributed by atoms with Crippen LogP contribution in [0.5, 0.6) is 17.2 Å². The van der Waals surface area contributed by atoms with Crippen molar-refractivity contribution in [2.45, 2.75) is 18.9 Å². The molecule has 0 fully saturated rings. The Labute approximate surface area is 129 Å². The lowest BCUT2D eigenvalue weighted by molar-refractivity contribution is 0.398. The highest BCUT2D eigenvalue weighted by Crippen LogP contribution is 2.34. The van der Waals surface area contributed by atoms with Crippen molar-refractivity contribution in [1.82, 2.24) is 5.32 Å². The number of phenols is 3. The van der Waals surface area contributed by atoms with Gasteiger partial charge in [0.2, 0.25) is 0 Å². The van der Waals surface area contributed by atoms with Gasteiger partial charge in [-0.2, -0.15) is 0 Å². The summed E-state index contributed by atoms with van der Waals surface area (Å²) in [6.45, 7) is 0.847. The molecule has 1 aliphatic rings. The zero-order chi connectivity index (χ0) is 14.1. The van der Waals surface area contributed by atoms with E-state index in [4.69, 9.17) is 0 Å². The maximum atomic E-state index is 9.68. The average molecular weight is 308 g/mol. The summed E-state index contributed by atoms with van der Waals surface area (Å²) in [5.74, 6) is 0.116. The third-order valence-corrected chi connectivity index (χ3v) is 3.77. The van der Waals surface area contributed by atoms with Gasteiger partial charge in [0.25, 0.3) is 0 Å². The van der Waals surface area contributed by atoms with Crippen molar-refractivity contribution in [3.05, 3.63) is 53.1 Å². The molecule has 2 aromatic rings. The minimum Gasteiger partial charge on any atom is -0.508 e. The number of nitrogens with one attached hydrogen (secondary N) is 1. The molecule has 1 aliphatic heterocycles. The van der Waals surface area contributed by atoms with Crippen molar-refractivity contribution in [2.75, 3.05) is 6.54 Å². The monoisotopic (exact) mass is 307 g/mol. The number of halogens is 1. The molecule has 0 spiro atoms. The number of hydrogen-bond donors (Lipinski definition) is 4. The van der Waals surface area contributed by atoms with Gasteiger partial charge in [0.1, 0.15) is 5.75 Å². The van der Waals surface area contributed by atoms with Gasteiger partial charge in [-0.25, -0.2) is 0 Å². The molecule has 4 nitrogen and oxygen atoms in total. The van der Waals surface area contributed by atoms with Crippen LogP contribution >= 0.6 is 12.4 Å². The molecular weight excluding hydrogens is 290 g/mol. The molecule has 0 bridgehead atoms. The van der Waals surface area contributed by atoms with E-state index in [1.807, 2.05) is 12.1 Å². The van der Waals surface area contributed by atoms with Crippen LogP contribution in [0.15, 0.2) is 36.4 Å². The first-order valence-electron chi connectivity index (χ1n) is 6.69. The smallest absolute Gasteiger partial charge is 0.157 e. The summed E-state index contributed by atoms with van der Waals surface area (Å²) in [5, 5.41) is 32.0. The predicted molar refractivity (Wildman–Crippen MR) is 83.3 cm³/mol. The van der Waals surface area contributed by atoms with E-state index in [0.717, 1.165) is 36.1 Å². The third-order valence-electron chi connectivity index (χ3n) is 3.77. The highest BCUT2D eigenvalue weighted by Gasteiger charge is 2.21. The molecule has 3 rings (SSSR count). The molecule has 2 aromatic carbocycles. The first kappa shape index (κ1) is 15.5. The molecule has 0 aromatic heterocycles. The van der Waals surface area contributed by atoms with E-state index in [9.17, 15) is 15.3 Å². The summed E-state index contributed by atoms with van der Waals surface area (Å²) < 4.78 is 0.